The number of rotatable bonds is 4. The second-order valence-corrected chi connectivity index (χ2v) is 4.53. The van der Waals surface area contributed by atoms with Crippen LogP contribution < -0.4 is 4.90 Å². The molecule has 2 rings (SSSR count). The highest BCUT2D eigenvalue weighted by Gasteiger charge is 2.16. The summed E-state index contributed by atoms with van der Waals surface area (Å²) >= 11 is 0. The highest BCUT2D eigenvalue weighted by atomic mass is 15.2. The van der Waals surface area contributed by atoms with Crippen molar-refractivity contribution in [2.24, 2.45) is 0 Å². The first-order valence-corrected chi connectivity index (χ1v) is 6.57. The van der Waals surface area contributed by atoms with Gasteiger partial charge in [0.25, 0.3) is 0 Å². The first kappa shape index (κ1) is 13.9. The molecule has 2 aromatic rings. The molecule has 1 atom stereocenters. The fraction of sp³-hybridized carbons (Fsp3) is 0.333. The molecule has 5 nitrogen and oxygen atoms in total. The average Bonchev–Trinajstić information content (AvgIpc) is 2.53. The van der Waals surface area contributed by atoms with Gasteiger partial charge in [0.05, 0.1) is 11.7 Å². The molecular formula is C15H17N5. The van der Waals surface area contributed by atoms with Crippen LogP contribution in [0, 0.1) is 11.3 Å². The highest BCUT2D eigenvalue weighted by Crippen LogP contribution is 2.22. The molecule has 0 aliphatic rings. The Morgan fingerprint density at radius 3 is 2.75 bits per heavy atom. The van der Waals surface area contributed by atoms with E-state index in [2.05, 4.69) is 27.9 Å². The normalized spacial score (nSPS) is 11.7. The number of nitrogens with zero attached hydrogens (tertiary/aromatic N) is 5. The average molecular weight is 267 g/mol. The Bertz CT molecular complexity index is 618. The van der Waals surface area contributed by atoms with E-state index in [0.29, 0.717) is 17.9 Å². The molecule has 5 heteroatoms. The monoisotopic (exact) mass is 267 g/mol. The van der Waals surface area contributed by atoms with Crippen LogP contribution in [0.25, 0.3) is 0 Å². The van der Waals surface area contributed by atoms with E-state index < -0.39 is 0 Å². The van der Waals surface area contributed by atoms with Gasteiger partial charge in [0.2, 0.25) is 0 Å². The van der Waals surface area contributed by atoms with Gasteiger partial charge in [-0.3, -0.25) is 4.98 Å². The fourth-order valence-electron chi connectivity index (χ4n) is 1.90. The first-order valence-electron chi connectivity index (χ1n) is 6.57. The largest absolute Gasteiger partial charge is 0.351 e. The SMILES string of the molecule is CCc1nc(C#N)cc(N(C)[C@H](C)c2ccccn2)n1. The molecule has 0 aliphatic carbocycles. The van der Waals surface area contributed by atoms with Crippen molar-refractivity contribution >= 4 is 5.82 Å². The third-order valence-electron chi connectivity index (χ3n) is 3.25. The zero-order valence-electron chi connectivity index (χ0n) is 11.9. The summed E-state index contributed by atoms with van der Waals surface area (Å²) < 4.78 is 0. The predicted molar refractivity (Wildman–Crippen MR) is 77.2 cm³/mol. The topological polar surface area (TPSA) is 65.7 Å². The van der Waals surface area contributed by atoms with E-state index in [4.69, 9.17) is 5.26 Å². The van der Waals surface area contributed by atoms with Crippen molar-refractivity contribution in [1.29, 1.82) is 5.26 Å². The van der Waals surface area contributed by atoms with Crippen molar-refractivity contribution in [1.82, 2.24) is 15.0 Å². The Kier molecular flexibility index (Phi) is 4.26. The van der Waals surface area contributed by atoms with Gasteiger partial charge in [-0.15, -0.1) is 0 Å². The van der Waals surface area contributed by atoms with E-state index >= 15 is 0 Å². The third kappa shape index (κ3) is 2.91. The molecule has 0 amide bonds. The third-order valence-corrected chi connectivity index (χ3v) is 3.25. The summed E-state index contributed by atoms with van der Waals surface area (Å²) in [4.78, 5) is 15.0. The number of hydrogen-bond donors (Lipinski definition) is 0. The second kappa shape index (κ2) is 6.11. The minimum Gasteiger partial charge on any atom is -0.351 e. The maximum absolute atomic E-state index is 9.05. The lowest BCUT2D eigenvalue weighted by molar-refractivity contribution is 0.699. The van der Waals surface area contributed by atoms with Gasteiger partial charge in [0.15, 0.2) is 0 Å². The first-order chi connectivity index (χ1) is 9.65. The number of aryl methyl sites for hydroxylation is 1. The number of aromatic nitrogens is 3. The lowest BCUT2D eigenvalue weighted by Crippen LogP contribution is -2.24. The summed E-state index contributed by atoms with van der Waals surface area (Å²) in [7, 11) is 1.95. The predicted octanol–water partition coefficient (Wildman–Crippen LogP) is 2.50. The zero-order chi connectivity index (χ0) is 14.5. The van der Waals surface area contributed by atoms with Crippen LogP contribution in [-0.4, -0.2) is 22.0 Å². The van der Waals surface area contributed by atoms with Gasteiger partial charge in [0, 0.05) is 25.7 Å². The zero-order valence-corrected chi connectivity index (χ0v) is 11.9. The Hall–Kier alpha value is -2.48. The molecule has 2 aromatic heterocycles. The van der Waals surface area contributed by atoms with Gasteiger partial charge in [-0.05, 0) is 19.1 Å². The van der Waals surface area contributed by atoms with Crippen molar-refractivity contribution in [3.63, 3.8) is 0 Å². The molecule has 0 saturated carbocycles. The standard InChI is InChI=1S/C15H17N5/c1-4-14-18-12(10-16)9-15(19-14)20(3)11(2)13-7-5-6-8-17-13/h5-9,11H,4H2,1-3H3/t11-/m1/s1. The van der Waals surface area contributed by atoms with E-state index in [-0.39, 0.29) is 6.04 Å². The van der Waals surface area contributed by atoms with Crippen LogP contribution >= 0.6 is 0 Å². The van der Waals surface area contributed by atoms with E-state index in [1.165, 1.54) is 0 Å². The number of nitriles is 1. The Morgan fingerprint density at radius 1 is 1.35 bits per heavy atom. The number of anilines is 1. The van der Waals surface area contributed by atoms with E-state index in [0.717, 1.165) is 11.5 Å². The van der Waals surface area contributed by atoms with Crippen LogP contribution in [0.2, 0.25) is 0 Å². The van der Waals surface area contributed by atoms with Crippen molar-refractivity contribution in [3.8, 4) is 6.07 Å². The molecule has 0 N–H and O–H groups in total. The molecule has 0 aliphatic heterocycles. The van der Waals surface area contributed by atoms with Crippen molar-refractivity contribution in [2.45, 2.75) is 26.3 Å². The second-order valence-electron chi connectivity index (χ2n) is 4.53. The summed E-state index contributed by atoms with van der Waals surface area (Å²) in [5, 5.41) is 9.05. The van der Waals surface area contributed by atoms with Gasteiger partial charge in [-0.2, -0.15) is 5.26 Å². The van der Waals surface area contributed by atoms with Gasteiger partial charge < -0.3 is 4.90 Å². The molecule has 0 aromatic carbocycles. The number of pyridine rings is 1. The van der Waals surface area contributed by atoms with E-state index in [9.17, 15) is 0 Å². The molecule has 0 saturated heterocycles. The summed E-state index contributed by atoms with van der Waals surface area (Å²) in [6, 6.07) is 9.70. The maximum atomic E-state index is 9.05. The lowest BCUT2D eigenvalue weighted by Gasteiger charge is -2.25. The van der Waals surface area contributed by atoms with Gasteiger partial charge in [0.1, 0.15) is 23.4 Å². The van der Waals surface area contributed by atoms with Crippen LogP contribution in [0.5, 0.6) is 0 Å². The molecule has 2 heterocycles. The summed E-state index contributed by atoms with van der Waals surface area (Å²) in [6.45, 7) is 4.03. The van der Waals surface area contributed by atoms with E-state index in [1.807, 2.05) is 37.1 Å². The summed E-state index contributed by atoms with van der Waals surface area (Å²) in [5.74, 6) is 1.42. The van der Waals surface area contributed by atoms with Crippen LogP contribution in [0.1, 0.15) is 37.1 Å². The molecule has 0 bridgehead atoms. The maximum Gasteiger partial charge on any atom is 0.146 e. The minimum atomic E-state index is 0.0716. The fourth-order valence-corrected chi connectivity index (χ4v) is 1.90. The Balaban J connectivity index is 2.33. The summed E-state index contributed by atoms with van der Waals surface area (Å²) in [6.07, 6.45) is 2.48. The van der Waals surface area contributed by atoms with Gasteiger partial charge in [-0.25, -0.2) is 9.97 Å². The lowest BCUT2D eigenvalue weighted by atomic mass is 10.2. The molecule has 20 heavy (non-hydrogen) atoms. The van der Waals surface area contributed by atoms with Crippen LogP contribution in [-0.2, 0) is 6.42 Å². The molecule has 0 radical (unpaired) electrons. The van der Waals surface area contributed by atoms with Crippen LogP contribution in [0.15, 0.2) is 30.5 Å². The molecule has 0 unspecified atom stereocenters. The van der Waals surface area contributed by atoms with Gasteiger partial charge in [-0.1, -0.05) is 13.0 Å². The Labute approximate surface area is 118 Å². The molecule has 102 valence electrons. The molecule has 0 fully saturated rings. The van der Waals surface area contributed by atoms with E-state index in [1.54, 1.807) is 12.3 Å². The minimum absolute atomic E-state index is 0.0716. The van der Waals surface area contributed by atoms with Crippen LogP contribution in [0.3, 0.4) is 0 Å². The smallest absolute Gasteiger partial charge is 0.146 e. The molecular weight excluding hydrogens is 250 g/mol. The summed E-state index contributed by atoms with van der Waals surface area (Å²) in [5.41, 5.74) is 1.36. The molecule has 0 spiro atoms. The van der Waals surface area contributed by atoms with Crippen molar-refractivity contribution < 1.29 is 0 Å². The Morgan fingerprint density at radius 2 is 2.15 bits per heavy atom. The van der Waals surface area contributed by atoms with Gasteiger partial charge >= 0.3 is 0 Å². The van der Waals surface area contributed by atoms with Crippen molar-refractivity contribution in [3.05, 3.63) is 47.7 Å². The van der Waals surface area contributed by atoms with Crippen LogP contribution in [0.4, 0.5) is 5.82 Å². The number of hydrogen-bond acceptors (Lipinski definition) is 5. The quantitative estimate of drug-likeness (QED) is 0.851. The van der Waals surface area contributed by atoms with Crippen molar-refractivity contribution in [2.75, 3.05) is 11.9 Å². The highest BCUT2D eigenvalue weighted by molar-refractivity contribution is 5.44.